The molecule has 1 aromatic carbocycles. The van der Waals surface area contributed by atoms with Gasteiger partial charge in [0.1, 0.15) is 5.75 Å². The number of aromatic nitrogens is 1. The smallest absolute Gasteiger partial charge is 0.356 e. The molecule has 8 nitrogen and oxygen atoms in total. The van der Waals surface area contributed by atoms with Crippen molar-refractivity contribution in [3.63, 3.8) is 0 Å². The zero-order valence-corrected chi connectivity index (χ0v) is 19.4. The summed E-state index contributed by atoms with van der Waals surface area (Å²) >= 11 is 6.45. The van der Waals surface area contributed by atoms with Crippen LogP contribution in [0.2, 0.25) is 5.02 Å². The van der Waals surface area contributed by atoms with Crippen molar-refractivity contribution < 1.29 is 19.4 Å². The Balaban J connectivity index is 1.49. The van der Waals surface area contributed by atoms with E-state index in [1.54, 1.807) is 4.90 Å². The van der Waals surface area contributed by atoms with Gasteiger partial charge in [-0.25, -0.2) is 14.6 Å². The highest BCUT2D eigenvalue weighted by Gasteiger charge is 2.42. The van der Waals surface area contributed by atoms with Crippen LogP contribution in [0, 0.1) is 0 Å². The van der Waals surface area contributed by atoms with Crippen molar-refractivity contribution in [3.8, 4) is 5.75 Å². The maximum absolute atomic E-state index is 12.6. The Bertz CT molecular complexity index is 1010. The van der Waals surface area contributed by atoms with Crippen LogP contribution >= 0.6 is 11.6 Å². The average Bonchev–Trinajstić information content (AvgIpc) is 3.11. The molecule has 3 N–H and O–H groups in total. The van der Waals surface area contributed by atoms with Crippen LogP contribution < -0.4 is 15.4 Å². The SMILES string of the molecule is CC(COc1cnc(C(=O)O)c(Cl)c1CCN1CC2(CCNCC2)NC1=O)c1ccccc1. The summed E-state index contributed by atoms with van der Waals surface area (Å²) in [6.45, 7) is 5.25. The molecule has 1 unspecified atom stereocenters. The average molecular weight is 473 g/mol. The molecule has 2 aliphatic heterocycles. The van der Waals surface area contributed by atoms with Gasteiger partial charge in [-0.1, -0.05) is 48.9 Å². The topological polar surface area (TPSA) is 104 Å². The predicted octanol–water partition coefficient (Wildman–Crippen LogP) is 3.31. The molecule has 0 aliphatic carbocycles. The number of benzene rings is 1. The first kappa shape index (κ1) is 23.3. The second-order valence-corrected chi connectivity index (χ2v) is 9.20. The van der Waals surface area contributed by atoms with Crippen molar-refractivity contribution in [1.29, 1.82) is 0 Å². The van der Waals surface area contributed by atoms with Crippen LogP contribution in [0.25, 0.3) is 0 Å². The third kappa shape index (κ3) is 5.23. The lowest BCUT2D eigenvalue weighted by Crippen LogP contribution is -2.51. The number of rotatable bonds is 8. The van der Waals surface area contributed by atoms with Gasteiger partial charge >= 0.3 is 12.0 Å². The molecule has 2 amide bonds. The van der Waals surface area contributed by atoms with Gasteiger partial charge in [0.05, 0.1) is 23.4 Å². The molecule has 2 aromatic rings. The molecule has 176 valence electrons. The molecule has 33 heavy (non-hydrogen) atoms. The minimum Gasteiger partial charge on any atom is -0.491 e. The Morgan fingerprint density at radius 3 is 2.73 bits per heavy atom. The van der Waals surface area contributed by atoms with E-state index in [0.29, 0.717) is 37.4 Å². The van der Waals surface area contributed by atoms with E-state index >= 15 is 0 Å². The Morgan fingerprint density at radius 2 is 2.03 bits per heavy atom. The van der Waals surface area contributed by atoms with Gasteiger partial charge in [0.2, 0.25) is 0 Å². The van der Waals surface area contributed by atoms with Crippen LogP contribution in [-0.4, -0.2) is 65.3 Å². The van der Waals surface area contributed by atoms with Crippen LogP contribution in [0.3, 0.4) is 0 Å². The predicted molar refractivity (Wildman–Crippen MR) is 125 cm³/mol. The maximum atomic E-state index is 12.6. The molecule has 4 rings (SSSR count). The highest BCUT2D eigenvalue weighted by Crippen LogP contribution is 2.31. The summed E-state index contributed by atoms with van der Waals surface area (Å²) in [7, 11) is 0. The lowest BCUT2D eigenvalue weighted by molar-refractivity contribution is 0.0690. The largest absolute Gasteiger partial charge is 0.491 e. The molecule has 2 fully saturated rings. The number of halogens is 1. The number of carbonyl (C=O) groups excluding carboxylic acids is 1. The van der Waals surface area contributed by atoms with Crippen molar-refractivity contribution in [2.24, 2.45) is 0 Å². The molecule has 2 aliphatic rings. The van der Waals surface area contributed by atoms with Gasteiger partial charge in [-0.3, -0.25) is 0 Å². The minimum absolute atomic E-state index is 0.0588. The third-order valence-corrected chi connectivity index (χ3v) is 6.89. The number of piperidine rings is 1. The Morgan fingerprint density at radius 1 is 1.30 bits per heavy atom. The summed E-state index contributed by atoms with van der Waals surface area (Å²) in [6, 6.07) is 9.90. The normalized spacial score (nSPS) is 18.2. The van der Waals surface area contributed by atoms with Gasteiger partial charge in [-0.15, -0.1) is 0 Å². The van der Waals surface area contributed by atoms with E-state index in [1.165, 1.54) is 6.20 Å². The molecule has 2 saturated heterocycles. The monoisotopic (exact) mass is 472 g/mol. The summed E-state index contributed by atoms with van der Waals surface area (Å²) in [4.78, 5) is 30.0. The highest BCUT2D eigenvalue weighted by molar-refractivity contribution is 6.34. The Labute approximate surface area is 198 Å². The number of hydrogen-bond acceptors (Lipinski definition) is 5. The maximum Gasteiger partial charge on any atom is 0.356 e. The van der Waals surface area contributed by atoms with E-state index in [-0.39, 0.29) is 28.2 Å². The van der Waals surface area contributed by atoms with Crippen molar-refractivity contribution in [1.82, 2.24) is 20.5 Å². The Hall–Kier alpha value is -2.84. The van der Waals surface area contributed by atoms with Crippen LogP contribution in [0.4, 0.5) is 4.79 Å². The zero-order valence-electron chi connectivity index (χ0n) is 18.6. The second kappa shape index (κ2) is 9.97. The fourth-order valence-corrected chi connectivity index (χ4v) is 4.82. The standard InChI is InChI=1S/C24H29ClN4O4/c1-16(17-5-3-2-4-6-17)14-33-19-13-27-21(22(30)31)20(25)18(19)7-12-29-15-24(28-23(29)32)8-10-26-11-9-24/h2-6,13,16,26H,7-12,14-15H2,1H3,(H,28,32)(H,30,31). The van der Waals surface area contributed by atoms with E-state index in [4.69, 9.17) is 16.3 Å². The number of carbonyl (C=O) groups is 2. The van der Waals surface area contributed by atoms with E-state index in [1.807, 2.05) is 30.3 Å². The number of aromatic carboxylic acids is 1. The summed E-state index contributed by atoms with van der Waals surface area (Å²) < 4.78 is 6.05. The molecule has 3 heterocycles. The number of pyridine rings is 1. The van der Waals surface area contributed by atoms with E-state index in [9.17, 15) is 14.7 Å². The molecule has 1 atom stereocenters. The summed E-state index contributed by atoms with van der Waals surface area (Å²) in [6.07, 6.45) is 3.57. The fraction of sp³-hybridized carbons (Fsp3) is 0.458. The number of urea groups is 1. The van der Waals surface area contributed by atoms with Crippen LogP contribution in [0.1, 0.15) is 47.3 Å². The third-order valence-electron chi connectivity index (χ3n) is 6.49. The zero-order chi connectivity index (χ0) is 23.4. The second-order valence-electron chi connectivity index (χ2n) is 8.82. The van der Waals surface area contributed by atoms with Gasteiger partial charge in [-0.05, 0) is 37.9 Å². The first-order valence-electron chi connectivity index (χ1n) is 11.2. The van der Waals surface area contributed by atoms with Crippen molar-refractivity contribution in [2.45, 2.75) is 37.6 Å². The lowest BCUT2D eigenvalue weighted by Gasteiger charge is -2.33. The number of carboxylic acids is 1. The number of carboxylic acid groups (broad SMARTS) is 1. The molecule has 1 aromatic heterocycles. The number of nitrogens with one attached hydrogen (secondary N) is 2. The molecular formula is C24H29ClN4O4. The quantitative estimate of drug-likeness (QED) is 0.544. The number of amides is 2. The van der Waals surface area contributed by atoms with Crippen molar-refractivity contribution >= 4 is 23.6 Å². The number of nitrogens with zero attached hydrogens (tertiary/aromatic N) is 2. The summed E-state index contributed by atoms with van der Waals surface area (Å²) in [5, 5.41) is 16.0. The summed E-state index contributed by atoms with van der Waals surface area (Å²) in [5.74, 6) is -0.622. The first-order valence-corrected chi connectivity index (χ1v) is 11.6. The molecule has 0 radical (unpaired) electrons. The fourth-order valence-electron chi connectivity index (χ4n) is 4.51. The Kier molecular flexibility index (Phi) is 7.05. The minimum atomic E-state index is -1.20. The molecular weight excluding hydrogens is 444 g/mol. The first-order chi connectivity index (χ1) is 15.9. The molecule has 0 bridgehead atoms. The van der Waals surface area contributed by atoms with Crippen LogP contribution in [-0.2, 0) is 6.42 Å². The van der Waals surface area contributed by atoms with Crippen LogP contribution in [0.5, 0.6) is 5.75 Å². The summed E-state index contributed by atoms with van der Waals surface area (Å²) in [5.41, 5.74) is 1.29. The number of hydrogen-bond donors (Lipinski definition) is 3. The van der Waals surface area contributed by atoms with Gasteiger partial charge in [-0.2, -0.15) is 0 Å². The van der Waals surface area contributed by atoms with Crippen LogP contribution in [0.15, 0.2) is 36.5 Å². The molecule has 1 spiro atoms. The van der Waals surface area contributed by atoms with E-state index < -0.39 is 5.97 Å². The van der Waals surface area contributed by atoms with Crippen molar-refractivity contribution in [2.75, 3.05) is 32.8 Å². The van der Waals surface area contributed by atoms with E-state index in [0.717, 1.165) is 31.5 Å². The lowest BCUT2D eigenvalue weighted by atomic mass is 9.89. The number of ether oxygens (including phenoxy) is 1. The molecule has 9 heteroatoms. The highest BCUT2D eigenvalue weighted by atomic mass is 35.5. The van der Waals surface area contributed by atoms with Gasteiger partial charge in [0, 0.05) is 24.6 Å². The van der Waals surface area contributed by atoms with Gasteiger partial charge < -0.3 is 25.4 Å². The van der Waals surface area contributed by atoms with Gasteiger partial charge in [0.15, 0.2) is 5.69 Å². The van der Waals surface area contributed by atoms with E-state index in [2.05, 4.69) is 22.5 Å². The molecule has 0 saturated carbocycles. The van der Waals surface area contributed by atoms with Gasteiger partial charge in [0.25, 0.3) is 0 Å². The van der Waals surface area contributed by atoms with Crippen molar-refractivity contribution in [3.05, 3.63) is 58.4 Å².